The van der Waals surface area contributed by atoms with Crippen LogP contribution in [-0.2, 0) is 0 Å². The van der Waals surface area contributed by atoms with Crippen LogP contribution in [0.25, 0.3) is 0 Å². The maximum Gasteiger partial charge on any atom is 0.0224 e. The Balaban J connectivity index is 1.66. The smallest absolute Gasteiger partial charge is 0.0224 e. The van der Waals surface area contributed by atoms with Crippen LogP contribution in [0.15, 0.2) is 0 Å². The number of hydrogen-bond donors (Lipinski definition) is 0. The Bertz CT molecular complexity index is 284. The van der Waals surface area contributed by atoms with Crippen LogP contribution in [0.1, 0.15) is 45.4 Å². The predicted octanol–water partition coefficient (Wildman–Crippen LogP) is 2.83. The van der Waals surface area contributed by atoms with Crippen LogP contribution in [0.2, 0.25) is 0 Å². The lowest BCUT2D eigenvalue weighted by molar-refractivity contribution is 0.0202. The van der Waals surface area contributed by atoms with E-state index in [4.69, 9.17) is 0 Å². The number of nitrogens with zero attached hydrogens (tertiary/aromatic N) is 2. The Hall–Kier alpha value is 0.270. The van der Waals surface area contributed by atoms with Crippen LogP contribution in [0, 0.1) is 0 Å². The van der Waals surface area contributed by atoms with E-state index < -0.39 is 0 Å². The van der Waals surface area contributed by atoms with Crippen molar-refractivity contribution in [3.63, 3.8) is 0 Å². The molecule has 4 unspecified atom stereocenters. The van der Waals surface area contributed by atoms with Gasteiger partial charge in [-0.25, -0.2) is 0 Å². The Morgan fingerprint density at radius 1 is 1.11 bits per heavy atom. The van der Waals surface area contributed by atoms with Gasteiger partial charge in [0, 0.05) is 36.5 Å². The fourth-order valence-electron chi connectivity index (χ4n) is 4.35. The van der Waals surface area contributed by atoms with Crippen molar-refractivity contribution in [3.05, 3.63) is 0 Å². The van der Waals surface area contributed by atoms with Gasteiger partial charge in [0.15, 0.2) is 0 Å². The topological polar surface area (TPSA) is 6.48 Å². The fraction of sp³-hybridized carbons (Fsp3) is 1.00. The zero-order valence-electron chi connectivity index (χ0n) is 12.0. The molecule has 2 nitrogen and oxygen atoms in total. The molecule has 3 aliphatic rings. The largest absolute Gasteiger partial charge is 0.298 e. The summed E-state index contributed by atoms with van der Waals surface area (Å²) in [6.07, 6.45) is 10.9. The minimum atomic E-state index is 0.838. The number of rotatable bonds is 3. The molecule has 4 atom stereocenters. The van der Waals surface area contributed by atoms with Crippen molar-refractivity contribution < 1.29 is 0 Å². The Morgan fingerprint density at radius 2 is 2.00 bits per heavy atom. The minimum Gasteiger partial charge on any atom is -0.298 e. The summed E-state index contributed by atoms with van der Waals surface area (Å²) in [6, 6.07) is 2.63. The summed E-state index contributed by atoms with van der Waals surface area (Å²) in [5, 5.41) is 0.939. The zero-order valence-corrected chi connectivity index (χ0v) is 12.8. The molecule has 2 saturated heterocycles. The van der Waals surface area contributed by atoms with Crippen LogP contribution in [-0.4, -0.2) is 59.1 Å². The highest BCUT2D eigenvalue weighted by Gasteiger charge is 2.40. The molecule has 2 heterocycles. The van der Waals surface area contributed by atoms with Gasteiger partial charge in [0.2, 0.25) is 0 Å². The lowest BCUT2D eigenvalue weighted by atomic mass is 10.0. The van der Waals surface area contributed by atoms with Gasteiger partial charge in [0.25, 0.3) is 0 Å². The lowest BCUT2D eigenvalue weighted by Gasteiger charge is -2.46. The van der Waals surface area contributed by atoms with Gasteiger partial charge in [-0.05, 0) is 51.3 Å². The minimum absolute atomic E-state index is 0.838. The van der Waals surface area contributed by atoms with Crippen molar-refractivity contribution in [1.82, 2.24) is 9.80 Å². The molecule has 1 saturated carbocycles. The number of fused-ring (bicyclic) bond motifs is 1. The Morgan fingerprint density at radius 3 is 2.72 bits per heavy atom. The average Bonchev–Trinajstić information content (AvgIpc) is 3.05. The van der Waals surface area contributed by atoms with Gasteiger partial charge in [-0.15, -0.1) is 0 Å². The molecule has 18 heavy (non-hydrogen) atoms. The standard InChI is InChI=1S/C15H28N2S/c1-3-12-10-16-8-4-5-14(16)11-17(12)13-6-7-15(9-13)18-2/h12-15H,3-11H2,1-2H3. The van der Waals surface area contributed by atoms with E-state index in [2.05, 4.69) is 34.7 Å². The molecule has 0 aromatic heterocycles. The van der Waals surface area contributed by atoms with Crippen LogP contribution in [0.3, 0.4) is 0 Å². The summed E-state index contributed by atoms with van der Waals surface area (Å²) in [5.41, 5.74) is 0. The monoisotopic (exact) mass is 268 g/mol. The molecule has 2 aliphatic heterocycles. The molecule has 3 heteroatoms. The molecule has 0 N–H and O–H groups in total. The van der Waals surface area contributed by atoms with Gasteiger partial charge in [0.1, 0.15) is 0 Å². The molecular weight excluding hydrogens is 240 g/mol. The number of thioether (sulfide) groups is 1. The quantitative estimate of drug-likeness (QED) is 0.777. The van der Waals surface area contributed by atoms with E-state index in [0.29, 0.717) is 0 Å². The molecule has 0 amide bonds. The van der Waals surface area contributed by atoms with Gasteiger partial charge in [0.05, 0.1) is 0 Å². The Kier molecular flexibility index (Phi) is 4.21. The highest BCUT2D eigenvalue weighted by molar-refractivity contribution is 7.99. The number of piperazine rings is 1. The summed E-state index contributed by atoms with van der Waals surface area (Å²) in [7, 11) is 0. The van der Waals surface area contributed by atoms with E-state index in [1.807, 2.05) is 0 Å². The maximum atomic E-state index is 2.91. The second kappa shape index (κ2) is 5.72. The highest BCUT2D eigenvalue weighted by Crippen LogP contribution is 2.36. The molecule has 3 fully saturated rings. The van der Waals surface area contributed by atoms with Gasteiger partial charge in [-0.1, -0.05) is 6.92 Å². The van der Waals surface area contributed by atoms with Gasteiger partial charge >= 0.3 is 0 Å². The molecular formula is C15H28N2S. The van der Waals surface area contributed by atoms with Crippen LogP contribution in [0.4, 0.5) is 0 Å². The molecule has 0 bridgehead atoms. The van der Waals surface area contributed by atoms with E-state index in [1.54, 1.807) is 0 Å². The summed E-state index contributed by atoms with van der Waals surface area (Å²) in [5.74, 6) is 0. The first-order valence-corrected chi connectivity index (χ1v) is 9.13. The number of hydrogen-bond acceptors (Lipinski definition) is 3. The molecule has 0 radical (unpaired) electrons. The van der Waals surface area contributed by atoms with Crippen LogP contribution < -0.4 is 0 Å². The van der Waals surface area contributed by atoms with Gasteiger partial charge in [-0.3, -0.25) is 9.80 Å². The van der Waals surface area contributed by atoms with Crippen molar-refractivity contribution in [2.45, 2.75) is 68.8 Å². The second-order valence-electron chi connectivity index (χ2n) is 6.37. The predicted molar refractivity (Wildman–Crippen MR) is 80.3 cm³/mol. The average molecular weight is 268 g/mol. The van der Waals surface area contributed by atoms with Crippen LogP contribution in [0.5, 0.6) is 0 Å². The first-order valence-electron chi connectivity index (χ1n) is 7.84. The lowest BCUT2D eigenvalue weighted by Crippen LogP contribution is -2.58. The van der Waals surface area contributed by atoms with Crippen molar-refractivity contribution in [2.75, 3.05) is 25.9 Å². The van der Waals surface area contributed by atoms with Gasteiger partial charge < -0.3 is 0 Å². The summed E-state index contributed by atoms with van der Waals surface area (Å²) in [4.78, 5) is 5.67. The van der Waals surface area contributed by atoms with Crippen molar-refractivity contribution in [1.29, 1.82) is 0 Å². The molecule has 3 rings (SSSR count). The second-order valence-corrected chi connectivity index (χ2v) is 7.51. The third-order valence-corrected chi connectivity index (χ3v) is 6.56. The third-order valence-electron chi connectivity index (χ3n) is 5.47. The van der Waals surface area contributed by atoms with E-state index in [9.17, 15) is 0 Å². The SMILES string of the molecule is CCC1CN2CCCC2CN1C1CCC(SC)C1. The van der Waals surface area contributed by atoms with E-state index in [0.717, 1.165) is 23.4 Å². The summed E-state index contributed by atoms with van der Waals surface area (Å²) >= 11 is 2.09. The summed E-state index contributed by atoms with van der Waals surface area (Å²) in [6.45, 7) is 6.47. The molecule has 0 spiro atoms. The summed E-state index contributed by atoms with van der Waals surface area (Å²) < 4.78 is 0. The normalized spacial score (nSPS) is 42.3. The zero-order chi connectivity index (χ0) is 12.5. The molecule has 0 aromatic rings. The van der Waals surface area contributed by atoms with E-state index in [-0.39, 0.29) is 0 Å². The Labute approximate surface area is 116 Å². The van der Waals surface area contributed by atoms with Crippen molar-refractivity contribution in [2.24, 2.45) is 0 Å². The first-order chi connectivity index (χ1) is 8.81. The molecule has 1 aliphatic carbocycles. The van der Waals surface area contributed by atoms with Gasteiger partial charge in [-0.2, -0.15) is 11.8 Å². The van der Waals surface area contributed by atoms with Crippen molar-refractivity contribution in [3.8, 4) is 0 Å². The van der Waals surface area contributed by atoms with Crippen molar-refractivity contribution >= 4 is 11.8 Å². The molecule has 104 valence electrons. The van der Waals surface area contributed by atoms with Crippen LogP contribution >= 0.6 is 11.8 Å². The fourth-order valence-corrected chi connectivity index (χ4v) is 5.14. The van der Waals surface area contributed by atoms with E-state index >= 15 is 0 Å². The highest BCUT2D eigenvalue weighted by atomic mass is 32.2. The maximum absolute atomic E-state index is 2.91. The third kappa shape index (κ3) is 2.46. The molecule has 0 aromatic carbocycles. The first kappa shape index (κ1) is 13.3. The van der Waals surface area contributed by atoms with E-state index in [1.165, 1.54) is 58.2 Å².